The van der Waals surface area contributed by atoms with Gasteiger partial charge in [0, 0.05) is 10.6 Å². The third-order valence-corrected chi connectivity index (χ3v) is 4.66. The molecule has 2 aromatic rings. The smallest absolute Gasteiger partial charge is 0.279 e. The number of benzene rings is 1. The molecule has 0 spiro atoms. The highest BCUT2D eigenvalue weighted by atomic mass is 32.1. The highest BCUT2D eigenvalue weighted by Gasteiger charge is 2.16. The van der Waals surface area contributed by atoms with Gasteiger partial charge in [-0.3, -0.25) is 9.59 Å². The van der Waals surface area contributed by atoms with Crippen LogP contribution in [0.1, 0.15) is 23.4 Å². The van der Waals surface area contributed by atoms with Gasteiger partial charge in [-0.25, -0.2) is 0 Å². The van der Waals surface area contributed by atoms with Crippen LogP contribution in [0.25, 0.3) is 0 Å². The molecule has 2 amide bonds. The van der Waals surface area contributed by atoms with Crippen molar-refractivity contribution in [2.75, 3.05) is 25.5 Å². The molecule has 0 aliphatic heterocycles. The average Bonchev–Trinajstić information content (AvgIpc) is 3.03. The van der Waals surface area contributed by atoms with Gasteiger partial charge in [-0.2, -0.15) is 0 Å². The van der Waals surface area contributed by atoms with Crippen LogP contribution in [0.15, 0.2) is 41.8 Å². The van der Waals surface area contributed by atoms with Crippen molar-refractivity contribution in [3.05, 3.63) is 52.2 Å². The molecule has 3 N–H and O–H groups in total. The fraction of sp³-hybridized carbons (Fsp3) is 0.333. The van der Waals surface area contributed by atoms with E-state index >= 15 is 0 Å². The summed E-state index contributed by atoms with van der Waals surface area (Å²) in [5.74, 6) is -0.160. The third-order valence-electron chi connectivity index (χ3n) is 3.61. The predicted molar refractivity (Wildman–Crippen MR) is 97.3 cm³/mol. The summed E-state index contributed by atoms with van der Waals surface area (Å²) in [6.07, 6.45) is 0. The summed E-state index contributed by atoms with van der Waals surface area (Å²) in [6, 6.07) is 11.6. The van der Waals surface area contributed by atoms with Crippen molar-refractivity contribution >= 4 is 28.8 Å². The van der Waals surface area contributed by atoms with Crippen molar-refractivity contribution in [2.45, 2.75) is 19.9 Å². The van der Waals surface area contributed by atoms with E-state index in [0.717, 1.165) is 21.0 Å². The maximum absolute atomic E-state index is 12.1. The second-order valence-electron chi connectivity index (χ2n) is 6.03. The van der Waals surface area contributed by atoms with E-state index in [2.05, 4.69) is 10.6 Å². The monoisotopic (exact) mass is 346 g/mol. The molecule has 5 nitrogen and oxygen atoms in total. The maximum atomic E-state index is 12.1. The molecule has 0 aliphatic rings. The lowest BCUT2D eigenvalue weighted by Crippen LogP contribution is -3.11. The molecule has 0 aliphatic carbocycles. The molecule has 1 aromatic heterocycles. The Balaban J connectivity index is 1.75. The van der Waals surface area contributed by atoms with Crippen LogP contribution in [-0.4, -0.2) is 32.0 Å². The Labute approximate surface area is 146 Å². The number of likely N-dealkylation sites (N-methyl/N-ethyl adjacent to an activating group) is 1. The van der Waals surface area contributed by atoms with Crippen molar-refractivity contribution < 1.29 is 14.5 Å². The van der Waals surface area contributed by atoms with Crippen LogP contribution in [0.2, 0.25) is 0 Å². The van der Waals surface area contributed by atoms with Crippen molar-refractivity contribution in [1.29, 1.82) is 0 Å². The molecule has 1 heterocycles. The molecule has 6 heteroatoms. The summed E-state index contributed by atoms with van der Waals surface area (Å²) in [5, 5.41) is 7.80. The van der Waals surface area contributed by atoms with Crippen LogP contribution in [0.4, 0.5) is 5.69 Å². The summed E-state index contributed by atoms with van der Waals surface area (Å²) in [4.78, 5) is 26.1. The Hall–Kier alpha value is -2.18. The number of thiophene rings is 1. The topological polar surface area (TPSA) is 62.6 Å². The molecular weight excluding hydrogens is 322 g/mol. The Morgan fingerprint density at radius 1 is 1.12 bits per heavy atom. The second kappa shape index (κ2) is 8.61. The Kier molecular flexibility index (Phi) is 6.52. The van der Waals surface area contributed by atoms with E-state index in [1.807, 2.05) is 62.7 Å². The van der Waals surface area contributed by atoms with Crippen LogP contribution >= 0.6 is 11.3 Å². The summed E-state index contributed by atoms with van der Waals surface area (Å²) in [6.45, 7) is 4.47. The van der Waals surface area contributed by atoms with Gasteiger partial charge in [0.15, 0.2) is 13.1 Å². The fourth-order valence-corrected chi connectivity index (χ4v) is 3.09. The first-order valence-electron chi connectivity index (χ1n) is 7.94. The van der Waals surface area contributed by atoms with E-state index < -0.39 is 0 Å². The van der Waals surface area contributed by atoms with E-state index in [9.17, 15) is 9.59 Å². The Morgan fingerprint density at radius 2 is 1.79 bits per heavy atom. The quantitative estimate of drug-likeness (QED) is 0.709. The molecule has 1 unspecified atom stereocenters. The minimum atomic E-state index is -0.101. The lowest BCUT2D eigenvalue weighted by molar-refractivity contribution is -0.862. The number of nitrogens with one attached hydrogen (secondary N) is 3. The Morgan fingerprint density at radius 3 is 2.42 bits per heavy atom. The van der Waals surface area contributed by atoms with Crippen LogP contribution in [0.3, 0.4) is 0 Å². The molecule has 0 fully saturated rings. The lowest BCUT2D eigenvalue weighted by atomic mass is 10.2. The van der Waals surface area contributed by atoms with Crippen LogP contribution in [0.5, 0.6) is 0 Å². The predicted octanol–water partition coefficient (Wildman–Crippen LogP) is 1.39. The fourth-order valence-electron chi connectivity index (χ4n) is 2.35. The minimum Gasteiger partial charge on any atom is -0.344 e. The van der Waals surface area contributed by atoms with Crippen molar-refractivity contribution in [2.24, 2.45) is 0 Å². The standard InChI is InChI=1S/C18H23N3O2S/c1-13-6-8-15(9-7-13)20-18(23)12-21(3)11-17(22)19-14(2)16-5-4-10-24-16/h4-10,14H,11-12H2,1-3H3,(H,19,22)(H,20,23)/p+1/t14-/m0/s1. The first-order chi connectivity index (χ1) is 11.4. The molecule has 0 bridgehead atoms. The first-order valence-corrected chi connectivity index (χ1v) is 8.82. The molecule has 24 heavy (non-hydrogen) atoms. The lowest BCUT2D eigenvalue weighted by Gasteiger charge is -2.16. The number of amides is 2. The number of anilines is 1. The van der Waals surface area contributed by atoms with Gasteiger partial charge in [-0.05, 0) is 37.4 Å². The minimum absolute atomic E-state index is 0.00770. The van der Waals surface area contributed by atoms with Gasteiger partial charge in [0.2, 0.25) is 0 Å². The molecule has 0 saturated heterocycles. The number of carbonyl (C=O) groups is 2. The first kappa shape index (κ1) is 18.2. The highest BCUT2D eigenvalue weighted by Crippen LogP contribution is 2.17. The molecule has 0 radical (unpaired) electrons. The zero-order valence-corrected chi connectivity index (χ0v) is 15.1. The number of rotatable bonds is 7. The molecule has 128 valence electrons. The number of aryl methyl sites for hydroxylation is 1. The molecule has 1 aromatic carbocycles. The molecule has 2 rings (SSSR count). The highest BCUT2D eigenvalue weighted by molar-refractivity contribution is 7.10. The van der Waals surface area contributed by atoms with Gasteiger partial charge in [0.05, 0.1) is 13.1 Å². The second-order valence-corrected chi connectivity index (χ2v) is 7.01. The van der Waals surface area contributed by atoms with Gasteiger partial charge in [0.1, 0.15) is 0 Å². The van der Waals surface area contributed by atoms with E-state index in [4.69, 9.17) is 0 Å². The number of hydrogen-bond donors (Lipinski definition) is 3. The van der Waals surface area contributed by atoms with Crippen molar-refractivity contribution in [3.63, 3.8) is 0 Å². The zero-order chi connectivity index (χ0) is 17.5. The van der Waals surface area contributed by atoms with Gasteiger partial charge in [0.25, 0.3) is 11.8 Å². The summed E-state index contributed by atoms with van der Waals surface area (Å²) in [5.41, 5.74) is 1.92. The SMILES string of the molecule is Cc1ccc(NC(=O)C[NH+](C)CC(=O)N[C@@H](C)c2cccs2)cc1. The van der Waals surface area contributed by atoms with E-state index in [1.54, 1.807) is 11.3 Å². The van der Waals surface area contributed by atoms with Gasteiger partial charge in [-0.1, -0.05) is 23.8 Å². The third kappa shape index (κ3) is 5.79. The zero-order valence-electron chi connectivity index (χ0n) is 14.3. The van der Waals surface area contributed by atoms with Crippen molar-refractivity contribution in [3.8, 4) is 0 Å². The largest absolute Gasteiger partial charge is 0.344 e. The average molecular weight is 346 g/mol. The summed E-state index contributed by atoms with van der Waals surface area (Å²) < 4.78 is 0. The van der Waals surface area contributed by atoms with Gasteiger partial charge >= 0.3 is 0 Å². The van der Waals surface area contributed by atoms with Gasteiger partial charge < -0.3 is 15.5 Å². The Bertz CT molecular complexity index is 668. The summed E-state index contributed by atoms with van der Waals surface area (Å²) in [7, 11) is 1.84. The number of quaternary nitrogens is 1. The van der Waals surface area contributed by atoms with Crippen molar-refractivity contribution in [1.82, 2.24) is 5.32 Å². The molecule has 0 saturated carbocycles. The van der Waals surface area contributed by atoms with Crippen LogP contribution in [0, 0.1) is 6.92 Å². The van der Waals surface area contributed by atoms with E-state index in [0.29, 0.717) is 0 Å². The maximum Gasteiger partial charge on any atom is 0.279 e. The van der Waals surface area contributed by atoms with Gasteiger partial charge in [-0.15, -0.1) is 11.3 Å². The normalized spacial score (nSPS) is 13.1. The number of carbonyl (C=O) groups excluding carboxylic acids is 2. The molecular formula is C18H24N3O2S+. The van der Waals surface area contributed by atoms with Crippen LogP contribution in [-0.2, 0) is 9.59 Å². The summed E-state index contributed by atoms with van der Waals surface area (Å²) >= 11 is 1.62. The van der Waals surface area contributed by atoms with E-state index in [-0.39, 0.29) is 30.9 Å². The van der Waals surface area contributed by atoms with E-state index in [1.165, 1.54) is 0 Å². The molecule has 2 atom stereocenters. The number of hydrogen-bond acceptors (Lipinski definition) is 3. The van der Waals surface area contributed by atoms with Crippen LogP contribution < -0.4 is 15.5 Å².